The molecule has 0 saturated carbocycles. The Morgan fingerprint density at radius 2 is 2.05 bits per heavy atom. The minimum absolute atomic E-state index is 0.186. The number of benzene rings is 1. The van der Waals surface area contributed by atoms with E-state index in [4.69, 9.17) is 32.7 Å². The molecule has 2 aromatic rings. The molecule has 1 unspecified atom stereocenters. The molecule has 0 radical (unpaired) electrons. The molecular weight excluding hydrogens is 285 g/mol. The van der Waals surface area contributed by atoms with Gasteiger partial charge < -0.3 is 9.47 Å². The lowest BCUT2D eigenvalue weighted by atomic mass is 10.2. The molecule has 5 heteroatoms. The highest BCUT2D eigenvalue weighted by atomic mass is 35.5. The average Bonchev–Trinajstić information content (AvgIpc) is 2.43. The van der Waals surface area contributed by atoms with Gasteiger partial charge in [-0.3, -0.25) is 0 Å². The van der Waals surface area contributed by atoms with Crippen molar-refractivity contribution in [3.63, 3.8) is 0 Å². The zero-order valence-electron chi connectivity index (χ0n) is 10.2. The fourth-order valence-corrected chi connectivity index (χ4v) is 2.54. The van der Waals surface area contributed by atoms with Crippen LogP contribution in [0.25, 0.3) is 10.9 Å². The van der Waals surface area contributed by atoms with Crippen LogP contribution in [0.5, 0.6) is 5.75 Å². The van der Waals surface area contributed by atoms with Crippen LogP contribution in [0.4, 0.5) is 0 Å². The molecule has 1 fully saturated rings. The van der Waals surface area contributed by atoms with Gasteiger partial charge in [-0.25, -0.2) is 4.98 Å². The first kappa shape index (κ1) is 13.0. The number of halogens is 2. The van der Waals surface area contributed by atoms with E-state index in [2.05, 4.69) is 4.98 Å². The van der Waals surface area contributed by atoms with Crippen molar-refractivity contribution in [2.75, 3.05) is 6.61 Å². The summed E-state index contributed by atoms with van der Waals surface area (Å²) in [5, 5.41) is 1.83. The number of ether oxygens (including phenoxy) is 2. The number of aromatic nitrogens is 1. The molecule has 2 heterocycles. The Morgan fingerprint density at radius 3 is 2.84 bits per heavy atom. The molecule has 1 aliphatic heterocycles. The van der Waals surface area contributed by atoms with Crippen LogP contribution >= 0.6 is 23.2 Å². The second kappa shape index (κ2) is 5.53. The van der Waals surface area contributed by atoms with Crippen molar-refractivity contribution < 1.29 is 9.47 Å². The Kier molecular flexibility index (Phi) is 3.78. The van der Waals surface area contributed by atoms with Crippen LogP contribution in [-0.4, -0.2) is 17.9 Å². The van der Waals surface area contributed by atoms with E-state index >= 15 is 0 Å². The van der Waals surface area contributed by atoms with Crippen molar-refractivity contribution >= 4 is 34.1 Å². The molecule has 1 saturated heterocycles. The number of rotatable bonds is 2. The van der Waals surface area contributed by atoms with Crippen LogP contribution in [0.1, 0.15) is 19.3 Å². The Balaban J connectivity index is 1.96. The van der Waals surface area contributed by atoms with Crippen LogP contribution in [-0.2, 0) is 4.74 Å². The number of fused-ring (bicyclic) bond motifs is 1. The Labute approximate surface area is 121 Å². The summed E-state index contributed by atoms with van der Waals surface area (Å²) in [6, 6.07) is 7.22. The molecule has 0 bridgehead atoms. The molecule has 0 N–H and O–H groups in total. The normalized spacial score (nSPS) is 19.6. The van der Waals surface area contributed by atoms with Crippen LogP contribution in [0.3, 0.4) is 0 Å². The van der Waals surface area contributed by atoms with E-state index in [0.29, 0.717) is 15.7 Å². The molecule has 3 rings (SSSR count). The second-order valence-electron chi connectivity index (χ2n) is 4.49. The lowest BCUT2D eigenvalue weighted by molar-refractivity contribution is -0.105. The maximum Gasteiger partial charge on any atom is 0.199 e. The molecule has 0 aliphatic carbocycles. The van der Waals surface area contributed by atoms with Gasteiger partial charge in [0.05, 0.1) is 17.1 Å². The van der Waals surface area contributed by atoms with Crippen molar-refractivity contribution in [3.8, 4) is 5.75 Å². The average molecular weight is 298 g/mol. The lowest BCUT2D eigenvalue weighted by Crippen LogP contribution is -2.25. The lowest BCUT2D eigenvalue weighted by Gasteiger charge is -2.24. The van der Waals surface area contributed by atoms with Crippen molar-refractivity contribution in [1.82, 2.24) is 4.98 Å². The topological polar surface area (TPSA) is 31.4 Å². The highest BCUT2D eigenvalue weighted by molar-refractivity contribution is 6.36. The van der Waals surface area contributed by atoms with Crippen LogP contribution < -0.4 is 4.74 Å². The minimum Gasteiger partial charge on any atom is -0.464 e. The predicted molar refractivity (Wildman–Crippen MR) is 76.0 cm³/mol. The molecule has 0 amide bonds. The molecule has 1 atom stereocenters. The quantitative estimate of drug-likeness (QED) is 0.768. The van der Waals surface area contributed by atoms with Gasteiger partial charge >= 0.3 is 0 Å². The van der Waals surface area contributed by atoms with Crippen LogP contribution in [0.2, 0.25) is 10.2 Å². The summed E-state index contributed by atoms with van der Waals surface area (Å²) >= 11 is 12.0. The summed E-state index contributed by atoms with van der Waals surface area (Å²) in [5.41, 5.74) is 0.655. The highest BCUT2D eigenvalue weighted by Crippen LogP contribution is 2.32. The van der Waals surface area contributed by atoms with E-state index in [0.717, 1.165) is 37.0 Å². The Bertz CT molecular complexity index is 597. The Hall–Kier alpha value is -1.03. The zero-order chi connectivity index (χ0) is 13.2. The summed E-state index contributed by atoms with van der Waals surface area (Å²) in [6.07, 6.45) is 2.94. The SMILES string of the molecule is Clc1ccc2c(OC3CCCCO3)ccc(Cl)c2n1. The smallest absolute Gasteiger partial charge is 0.199 e. The van der Waals surface area contributed by atoms with E-state index in [1.165, 1.54) is 0 Å². The molecule has 100 valence electrons. The molecule has 3 nitrogen and oxygen atoms in total. The largest absolute Gasteiger partial charge is 0.464 e. The number of pyridine rings is 1. The maximum atomic E-state index is 6.14. The van der Waals surface area contributed by atoms with Crippen molar-refractivity contribution in [2.24, 2.45) is 0 Å². The molecule has 1 aromatic carbocycles. The van der Waals surface area contributed by atoms with E-state index in [1.54, 1.807) is 12.1 Å². The first-order valence-electron chi connectivity index (χ1n) is 6.27. The van der Waals surface area contributed by atoms with Crippen molar-refractivity contribution in [1.29, 1.82) is 0 Å². The van der Waals surface area contributed by atoms with Gasteiger partial charge in [0.25, 0.3) is 0 Å². The van der Waals surface area contributed by atoms with Gasteiger partial charge in [0.2, 0.25) is 0 Å². The maximum absolute atomic E-state index is 6.14. The van der Waals surface area contributed by atoms with E-state index < -0.39 is 0 Å². The summed E-state index contributed by atoms with van der Waals surface area (Å²) < 4.78 is 11.5. The Morgan fingerprint density at radius 1 is 1.16 bits per heavy atom. The predicted octanol–water partition coefficient (Wildman–Crippen LogP) is 4.45. The zero-order valence-corrected chi connectivity index (χ0v) is 11.7. The van der Waals surface area contributed by atoms with Crippen LogP contribution in [0, 0.1) is 0 Å². The summed E-state index contributed by atoms with van der Waals surface area (Å²) in [6.45, 7) is 0.750. The third-order valence-electron chi connectivity index (χ3n) is 3.13. The van der Waals surface area contributed by atoms with Crippen molar-refractivity contribution in [2.45, 2.75) is 25.6 Å². The van der Waals surface area contributed by atoms with Gasteiger partial charge in [-0.2, -0.15) is 0 Å². The van der Waals surface area contributed by atoms with Gasteiger partial charge in [-0.05, 0) is 37.1 Å². The molecule has 1 aliphatic rings. The third kappa shape index (κ3) is 2.78. The first-order valence-corrected chi connectivity index (χ1v) is 7.02. The fraction of sp³-hybridized carbons (Fsp3) is 0.357. The second-order valence-corrected chi connectivity index (χ2v) is 5.28. The van der Waals surface area contributed by atoms with Crippen molar-refractivity contribution in [3.05, 3.63) is 34.4 Å². The van der Waals surface area contributed by atoms with E-state index in [-0.39, 0.29) is 6.29 Å². The minimum atomic E-state index is -0.186. The summed E-state index contributed by atoms with van der Waals surface area (Å²) in [5.74, 6) is 0.732. The number of hydrogen-bond donors (Lipinski definition) is 0. The van der Waals surface area contributed by atoms with Gasteiger partial charge in [0, 0.05) is 11.8 Å². The standard InChI is InChI=1S/C14H13Cl2NO2/c15-10-5-6-11(19-13-3-1-2-8-18-13)9-4-7-12(16)17-14(9)10/h4-7,13H,1-3,8H2. The van der Waals surface area contributed by atoms with Gasteiger partial charge in [-0.15, -0.1) is 0 Å². The van der Waals surface area contributed by atoms with Gasteiger partial charge in [-0.1, -0.05) is 23.2 Å². The van der Waals surface area contributed by atoms with E-state index in [1.807, 2.05) is 12.1 Å². The number of hydrogen-bond acceptors (Lipinski definition) is 3. The monoisotopic (exact) mass is 297 g/mol. The summed E-state index contributed by atoms with van der Waals surface area (Å²) in [4.78, 5) is 4.24. The molecular formula is C14H13Cl2NO2. The summed E-state index contributed by atoms with van der Waals surface area (Å²) in [7, 11) is 0. The third-order valence-corrected chi connectivity index (χ3v) is 3.65. The highest BCUT2D eigenvalue weighted by Gasteiger charge is 2.17. The molecule has 1 aromatic heterocycles. The van der Waals surface area contributed by atoms with Gasteiger partial charge in [0.1, 0.15) is 10.9 Å². The van der Waals surface area contributed by atoms with Gasteiger partial charge in [0.15, 0.2) is 6.29 Å². The molecule has 19 heavy (non-hydrogen) atoms. The first-order chi connectivity index (χ1) is 9.24. The van der Waals surface area contributed by atoms with E-state index in [9.17, 15) is 0 Å². The fourth-order valence-electron chi connectivity index (χ4n) is 2.18. The number of nitrogens with zero attached hydrogens (tertiary/aromatic N) is 1. The molecule has 0 spiro atoms. The van der Waals surface area contributed by atoms with Crippen LogP contribution in [0.15, 0.2) is 24.3 Å².